The molecule has 3 aromatic heterocycles. The predicted octanol–water partition coefficient (Wildman–Crippen LogP) is 21.3. The van der Waals surface area contributed by atoms with Crippen molar-refractivity contribution in [3.05, 3.63) is 261 Å². The Morgan fingerprint density at radius 1 is 0.213 bits per heavy atom. The van der Waals surface area contributed by atoms with Crippen molar-refractivity contribution >= 4 is 117 Å². The lowest BCUT2D eigenvalue weighted by atomic mass is 9.92. The van der Waals surface area contributed by atoms with Crippen LogP contribution in [0.4, 0.5) is 0 Å². The zero-order valence-corrected chi connectivity index (χ0v) is 42.2. The van der Waals surface area contributed by atoms with E-state index in [1.165, 1.54) is 150 Å². The Bertz CT molecular complexity index is 4960. The van der Waals surface area contributed by atoms with Crippen LogP contribution >= 0.6 is 22.7 Å². The van der Waals surface area contributed by atoms with E-state index in [2.05, 4.69) is 265 Å². The first-order valence-electron chi connectivity index (χ1n) is 25.7. The van der Waals surface area contributed by atoms with Crippen molar-refractivity contribution in [2.45, 2.75) is 0 Å². The molecule has 0 N–H and O–H groups in total. The average molecular weight is 986 g/mol. The summed E-state index contributed by atoms with van der Waals surface area (Å²) in [4.78, 5) is 0. The molecule has 0 radical (unpaired) electrons. The maximum Gasteiger partial charge on any atom is 0.0547 e. The van der Waals surface area contributed by atoms with Crippen LogP contribution in [0.5, 0.6) is 0 Å². The van der Waals surface area contributed by atoms with Crippen LogP contribution in [0.1, 0.15) is 0 Å². The van der Waals surface area contributed by atoms with E-state index in [1.807, 2.05) is 22.7 Å². The monoisotopic (exact) mass is 985 g/mol. The molecular weight excluding hydrogens is 943 g/mol. The quantitative estimate of drug-likeness (QED) is 0.146. The third-order valence-corrected chi connectivity index (χ3v) is 18.3. The summed E-state index contributed by atoms with van der Waals surface area (Å²) in [6, 6.07) is 97.2. The van der Waals surface area contributed by atoms with Gasteiger partial charge >= 0.3 is 0 Å². The summed E-state index contributed by atoms with van der Waals surface area (Å²) in [5.74, 6) is 0. The molecule has 0 aliphatic heterocycles. The van der Waals surface area contributed by atoms with Gasteiger partial charge in [-0.2, -0.15) is 0 Å². The lowest BCUT2D eigenvalue weighted by Crippen LogP contribution is -1.95. The van der Waals surface area contributed by atoms with E-state index < -0.39 is 0 Å². The van der Waals surface area contributed by atoms with Gasteiger partial charge in [0.1, 0.15) is 0 Å². The van der Waals surface area contributed by atoms with E-state index in [-0.39, 0.29) is 0 Å². The molecule has 0 spiro atoms. The van der Waals surface area contributed by atoms with Gasteiger partial charge in [-0.15, -0.1) is 22.7 Å². The fraction of sp³-hybridized carbons (Fsp3) is 0. The first kappa shape index (κ1) is 42.4. The summed E-state index contributed by atoms with van der Waals surface area (Å²) in [6.07, 6.45) is 0. The Hall–Kier alpha value is -9.12. The summed E-state index contributed by atoms with van der Waals surface area (Å²) >= 11 is 3.81. The van der Waals surface area contributed by atoms with E-state index in [9.17, 15) is 0 Å². The van der Waals surface area contributed by atoms with Crippen LogP contribution in [-0.4, -0.2) is 4.57 Å². The SMILES string of the molecule is c1ccc(-c2cccc3c2sc2cc(-c4ccc5c6ccc(-c7cccc8c7sc7c(-c9ccccc9)cccc78)cc6n(-c6cccc(-c7ccc8c9ccccc9c9ccccc9c8c7)c6)c5c4)ccc23)cc1. The van der Waals surface area contributed by atoms with Gasteiger partial charge < -0.3 is 4.57 Å². The predicted molar refractivity (Wildman–Crippen MR) is 326 cm³/mol. The van der Waals surface area contributed by atoms with E-state index in [1.54, 1.807) is 0 Å². The van der Waals surface area contributed by atoms with Crippen molar-refractivity contribution in [1.82, 2.24) is 4.57 Å². The minimum absolute atomic E-state index is 1.13. The molecule has 16 rings (SSSR count). The molecule has 0 aliphatic carbocycles. The number of rotatable bonds is 6. The zero-order valence-electron chi connectivity index (χ0n) is 40.6. The standard InChI is InChI=1S/C72H43NS2/c1-3-15-44(16-4-1)52-25-12-28-63-62-38-33-49(43-69(62)74-70(52)63)48-32-36-60-61-37-34-50(54-27-14-30-65-64-29-13-26-53(71(64)75-72(54)65)45-17-5-2-6-18-45)42-68(61)73(67(60)41-48)51-20-11-19-46(39-51)47-31-35-59-57-23-8-7-21-55(57)56-22-9-10-24-58(56)66(59)40-47/h1-43H. The van der Waals surface area contributed by atoms with Gasteiger partial charge in [-0.3, -0.25) is 0 Å². The highest BCUT2D eigenvalue weighted by molar-refractivity contribution is 7.27. The molecule has 0 saturated heterocycles. The molecule has 3 heterocycles. The van der Waals surface area contributed by atoms with E-state index in [4.69, 9.17) is 0 Å². The normalized spacial score (nSPS) is 12.0. The van der Waals surface area contributed by atoms with Crippen molar-refractivity contribution in [2.75, 3.05) is 0 Å². The van der Waals surface area contributed by atoms with Gasteiger partial charge in [0.05, 0.1) is 11.0 Å². The second-order valence-electron chi connectivity index (χ2n) is 19.9. The molecule has 0 atom stereocenters. The smallest absolute Gasteiger partial charge is 0.0547 e. The number of nitrogens with zero attached hydrogens (tertiary/aromatic N) is 1. The average Bonchev–Trinajstić information content (AvgIpc) is 4.21. The van der Waals surface area contributed by atoms with Gasteiger partial charge in [-0.05, 0) is 124 Å². The van der Waals surface area contributed by atoms with Crippen LogP contribution in [0, 0.1) is 0 Å². The minimum atomic E-state index is 1.13. The highest BCUT2D eigenvalue weighted by Gasteiger charge is 2.20. The minimum Gasteiger partial charge on any atom is -0.309 e. The second-order valence-corrected chi connectivity index (χ2v) is 22.0. The lowest BCUT2D eigenvalue weighted by molar-refractivity contribution is 1.18. The van der Waals surface area contributed by atoms with Crippen LogP contribution in [0.15, 0.2) is 261 Å². The van der Waals surface area contributed by atoms with Crippen molar-refractivity contribution in [3.8, 4) is 61.3 Å². The van der Waals surface area contributed by atoms with Gasteiger partial charge in [0, 0.05) is 56.8 Å². The van der Waals surface area contributed by atoms with Crippen LogP contribution in [0.25, 0.3) is 156 Å². The molecule has 0 aliphatic rings. The molecule has 0 bridgehead atoms. The molecule has 75 heavy (non-hydrogen) atoms. The van der Waals surface area contributed by atoms with E-state index in [0.29, 0.717) is 0 Å². The van der Waals surface area contributed by atoms with Crippen molar-refractivity contribution in [1.29, 1.82) is 0 Å². The van der Waals surface area contributed by atoms with Crippen molar-refractivity contribution < 1.29 is 0 Å². The van der Waals surface area contributed by atoms with Crippen LogP contribution in [0.3, 0.4) is 0 Å². The van der Waals surface area contributed by atoms with Gasteiger partial charge in [0.15, 0.2) is 0 Å². The third-order valence-electron chi connectivity index (χ3n) is 15.8. The first-order valence-corrected chi connectivity index (χ1v) is 27.4. The van der Waals surface area contributed by atoms with Crippen molar-refractivity contribution in [2.24, 2.45) is 0 Å². The number of hydrogen-bond donors (Lipinski definition) is 0. The largest absolute Gasteiger partial charge is 0.309 e. The molecule has 13 aromatic carbocycles. The number of fused-ring (bicyclic) bond motifs is 15. The number of hydrogen-bond acceptors (Lipinski definition) is 2. The fourth-order valence-corrected chi connectivity index (χ4v) is 14.9. The highest BCUT2D eigenvalue weighted by atomic mass is 32.1. The Kier molecular flexibility index (Phi) is 9.44. The van der Waals surface area contributed by atoms with Gasteiger partial charge in [-0.1, -0.05) is 224 Å². The Morgan fingerprint density at radius 2 is 0.600 bits per heavy atom. The molecular formula is C72H43NS2. The first-order chi connectivity index (χ1) is 37.2. The molecule has 1 nitrogen and oxygen atoms in total. The lowest BCUT2D eigenvalue weighted by Gasteiger charge is -2.14. The molecule has 348 valence electrons. The molecule has 0 saturated carbocycles. The Balaban J connectivity index is 0.897. The highest BCUT2D eigenvalue weighted by Crippen LogP contribution is 2.47. The summed E-state index contributed by atoms with van der Waals surface area (Å²) in [6.45, 7) is 0. The molecule has 0 unspecified atom stereocenters. The topological polar surface area (TPSA) is 4.93 Å². The number of benzene rings is 13. The fourth-order valence-electron chi connectivity index (χ4n) is 12.3. The Labute approximate surface area is 441 Å². The summed E-state index contributed by atoms with van der Waals surface area (Å²) in [7, 11) is 0. The third kappa shape index (κ3) is 6.62. The maximum absolute atomic E-state index is 2.52. The molecule has 0 fully saturated rings. The summed E-state index contributed by atoms with van der Waals surface area (Å²) < 4.78 is 7.79. The zero-order chi connectivity index (χ0) is 49.1. The van der Waals surface area contributed by atoms with E-state index in [0.717, 1.165) is 5.69 Å². The summed E-state index contributed by atoms with van der Waals surface area (Å²) in [5, 5.41) is 15.4. The molecule has 0 amide bonds. The number of aromatic nitrogens is 1. The Morgan fingerprint density at radius 3 is 1.20 bits per heavy atom. The van der Waals surface area contributed by atoms with Crippen LogP contribution in [-0.2, 0) is 0 Å². The maximum atomic E-state index is 2.52. The van der Waals surface area contributed by atoms with Crippen LogP contribution in [0.2, 0.25) is 0 Å². The number of thiophene rings is 2. The second kappa shape index (κ2) is 16.7. The van der Waals surface area contributed by atoms with E-state index >= 15 is 0 Å². The van der Waals surface area contributed by atoms with Gasteiger partial charge in [0.25, 0.3) is 0 Å². The van der Waals surface area contributed by atoms with Gasteiger partial charge in [-0.25, -0.2) is 0 Å². The molecule has 3 heteroatoms. The van der Waals surface area contributed by atoms with Gasteiger partial charge in [0.2, 0.25) is 0 Å². The van der Waals surface area contributed by atoms with Crippen molar-refractivity contribution in [3.63, 3.8) is 0 Å². The molecule has 16 aromatic rings. The summed E-state index contributed by atoms with van der Waals surface area (Å²) in [5.41, 5.74) is 15.8. The van der Waals surface area contributed by atoms with Crippen LogP contribution < -0.4 is 0 Å².